The molecule has 0 amide bonds. The van der Waals surface area contributed by atoms with Crippen molar-refractivity contribution >= 4 is 53.3 Å². The van der Waals surface area contributed by atoms with Crippen molar-refractivity contribution in [2.75, 3.05) is 39.6 Å². The van der Waals surface area contributed by atoms with Crippen LogP contribution in [-0.4, -0.2) is 55.2 Å². The van der Waals surface area contributed by atoms with Crippen molar-refractivity contribution in [3.05, 3.63) is 34.9 Å². The minimum absolute atomic E-state index is 0. The van der Waals surface area contributed by atoms with E-state index in [1.54, 1.807) is 0 Å². The highest BCUT2D eigenvalue weighted by molar-refractivity contribution is 14.0. The molecule has 4 nitrogen and oxygen atoms in total. The molecule has 7 heteroatoms. The van der Waals surface area contributed by atoms with Crippen LogP contribution in [0, 0.1) is 0 Å². The summed E-state index contributed by atoms with van der Waals surface area (Å²) in [5.74, 6) is 0.951. The molecular formula is C18H29ClIN3OS. The first-order chi connectivity index (χ1) is 11.6. The van der Waals surface area contributed by atoms with E-state index in [1.807, 2.05) is 23.9 Å². The van der Waals surface area contributed by atoms with Gasteiger partial charge in [0.1, 0.15) is 0 Å². The molecule has 1 aromatic carbocycles. The Bertz CT molecular complexity index is 536. The summed E-state index contributed by atoms with van der Waals surface area (Å²) < 4.78 is 5.73. The molecule has 0 spiro atoms. The summed E-state index contributed by atoms with van der Waals surface area (Å²) in [6.45, 7) is 6.27. The highest BCUT2D eigenvalue weighted by atomic mass is 127. The zero-order chi connectivity index (χ0) is 17.4. The summed E-state index contributed by atoms with van der Waals surface area (Å²) in [7, 11) is 2.08. The lowest BCUT2D eigenvalue weighted by Gasteiger charge is -2.34. The lowest BCUT2D eigenvalue weighted by atomic mass is 9.99. The number of hydrogen-bond donors (Lipinski definition) is 1. The third kappa shape index (κ3) is 7.15. The van der Waals surface area contributed by atoms with Gasteiger partial charge in [0.25, 0.3) is 0 Å². The lowest BCUT2D eigenvalue weighted by Crippen LogP contribution is -2.41. The smallest absolute Gasteiger partial charge is 0.194 e. The van der Waals surface area contributed by atoms with Gasteiger partial charge in [0.15, 0.2) is 5.96 Å². The van der Waals surface area contributed by atoms with Gasteiger partial charge in [-0.3, -0.25) is 4.99 Å². The SMILES string of the molecule is CCNC(=NCC1(SC)CCOCC1)N(C)Cc1ccc(Cl)cc1.I. The van der Waals surface area contributed by atoms with Gasteiger partial charge in [-0.2, -0.15) is 11.8 Å². The lowest BCUT2D eigenvalue weighted by molar-refractivity contribution is 0.0793. The number of halogens is 2. The molecule has 25 heavy (non-hydrogen) atoms. The number of hydrogen-bond acceptors (Lipinski definition) is 3. The van der Waals surface area contributed by atoms with E-state index in [2.05, 4.69) is 42.6 Å². The summed E-state index contributed by atoms with van der Waals surface area (Å²) in [6.07, 6.45) is 4.32. The summed E-state index contributed by atoms with van der Waals surface area (Å²) in [6, 6.07) is 7.98. The van der Waals surface area contributed by atoms with Crippen molar-refractivity contribution < 1.29 is 4.74 Å². The molecular weight excluding hydrogens is 469 g/mol. The van der Waals surface area contributed by atoms with E-state index in [1.165, 1.54) is 5.56 Å². The predicted octanol–water partition coefficient (Wildman–Crippen LogP) is 4.27. The Morgan fingerprint density at radius 1 is 1.32 bits per heavy atom. The molecule has 1 aliphatic heterocycles. The number of benzene rings is 1. The minimum Gasteiger partial charge on any atom is -0.381 e. The van der Waals surface area contributed by atoms with Gasteiger partial charge in [0, 0.05) is 43.1 Å². The second kappa shape index (κ2) is 11.5. The number of guanidine groups is 1. The third-order valence-electron chi connectivity index (χ3n) is 4.38. The highest BCUT2D eigenvalue weighted by Crippen LogP contribution is 2.34. The minimum atomic E-state index is 0. The fourth-order valence-corrected chi connectivity index (χ4v) is 3.69. The standard InChI is InChI=1S/C18H28ClN3OS.HI/c1-4-20-17(21-14-18(24-3)9-11-23-12-10-18)22(2)13-15-5-7-16(19)8-6-15;/h5-8H,4,9-14H2,1-3H3,(H,20,21);1H. The molecule has 1 fully saturated rings. The molecule has 1 aliphatic rings. The van der Waals surface area contributed by atoms with E-state index in [9.17, 15) is 0 Å². The fourth-order valence-electron chi connectivity index (χ4n) is 2.80. The Morgan fingerprint density at radius 2 is 1.96 bits per heavy atom. The Kier molecular flexibility index (Phi) is 10.5. The topological polar surface area (TPSA) is 36.9 Å². The van der Waals surface area contributed by atoms with Crippen LogP contribution in [0.15, 0.2) is 29.3 Å². The normalized spacial score (nSPS) is 16.9. The first-order valence-corrected chi connectivity index (χ1v) is 10.1. The molecule has 142 valence electrons. The van der Waals surface area contributed by atoms with Crippen LogP contribution in [0.1, 0.15) is 25.3 Å². The number of rotatable bonds is 6. The van der Waals surface area contributed by atoms with Crippen LogP contribution in [0.2, 0.25) is 5.02 Å². The summed E-state index contributed by atoms with van der Waals surface area (Å²) in [4.78, 5) is 7.09. The van der Waals surface area contributed by atoms with Gasteiger partial charge in [0.2, 0.25) is 0 Å². The number of aliphatic imine (C=N–C) groups is 1. The maximum absolute atomic E-state index is 5.97. The number of nitrogens with zero attached hydrogens (tertiary/aromatic N) is 2. The van der Waals surface area contributed by atoms with Crippen LogP contribution >= 0.6 is 47.3 Å². The Labute approximate surface area is 178 Å². The first kappa shape index (κ1) is 22.9. The molecule has 1 aromatic rings. The monoisotopic (exact) mass is 497 g/mol. The molecule has 2 rings (SSSR count). The van der Waals surface area contributed by atoms with E-state index in [4.69, 9.17) is 21.3 Å². The van der Waals surface area contributed by atoms with Gasteiger partial charge in [-0.1, -0.05) is 23.7 Å². The quantitative estimate of drug-likeness (QED) is 0.362. The largest absolute Gasteiger partial charge is 0.381 e. The number of nitrogens with one attached hydrogen (secondary N) is 1. The molecule has 1 N–H and O–H groups in total. The number of ether oxygens (including phenoxy) is 1. The fraction of sp³-hybridized carbons (Fsp3) is 0.611. The van der Waals surface area contributed by atoms with Gasteiger partial charge in [-0.05, 0) is 43.7 Å². The van der Waals surface area contributed by atoms with E-state index in [0.717, 1.165) is 56.7 Å². The van der Waals surface area contributed by atoms with Crippen LogP contribution < -0.4 is 5.32 Å². The second-order valence-corrected chi connectivity index (χ2v) is 7.86. The van der Waals surface area contributed by atoms with Gasteiger partial charge in [-0.15, -0.1) is 24.0 Å². The maximum Gasteiger partial charge on any atom is 0.194 e. The summed E-state index contributed by atoms with van der Waals surface area (Å²) in [5.41, 5.74) is 1.22. The summed E-state index contributed by atoms with van der Waals surface area (Å²) in [5, 5.41) is 4.17. The average molecular weight is 498 g/mol. The van der Waals surface area contributed by atoms with E-state index >= 15 is 0 Å². The van der Waals surface area contributed by atoms with Gasteiger partial charge >= 0.3 is 0 Å². The maximum atomic E-state index is 5.97. The van der Waals surface area contributed by atoms with Crippen LogP contribution in [0.4, 0.5) is 0 Å². The molecule has 0 saturated carbocycles. The zero-order valence-electron chi connectivity index (χ0n) is 15.3. The molecule has 0 atom stereocenters. The van der Waals surface area contributed by atoms with Crippen molar-refractivity contribution in [1.29, 1.82) is 0 Å². The van der Waals surface area contributed by atoms with Crippen LogP contribution in [0.25, 0.3) is 0 Å². The van der Waals surface area contributed by atoms with Crippen molar-refractivity contribution in [1.82, 2.24) is 10.2 Å². The number of thioether (sulfide) groups is 1. The average Bonchev–Trinajstić information content (AvgIpc) is 2.61. The third-order valence-corrected chi connectivity index (χ3v) is 6.04. The second-order valence-electron chi connectivity index (χ2n) is 6.15. The molecule has 1 heterocycles. The predicted molar refractivity (Wildman–Crippen MR) is 121 cm³/mol. The van der Waals surface area contributed by atoms with Crippen LogP contribution in [0.5, 0.6) is 0 Å². The first-order valence-electron chi connectivity index (χ1n) is 8.45. The van der Waals surface area contributed by atoms with Crippen LogP contribution in [0.3, 0.4) is 0 Å². The van der Waals surface area contributed by atoms with Crippen LogP contribution in [-0.2, 0) is 11.3 Å². The Balaban J connectivity index is 0.00000312. The molecule has 0 aromatic heterocycles. The van der Waals surface area contributed by atoms with Gasteiger partial charge in [-0.25, -0.2) is 0 Å². The van der Waals surface area contributed by atoms with E-state index < -0.39 is 0 Å². The van der Waals surface area contributed by atoms with Crippen molar-refractivity contribution in [2.45, 2.75) is 31.1 Å². The van der Waals surface area contributed by atoms with Gasteiger partial charge in [0.05, 0.1) is 6.54 Å². The Morgan fingerprint density at radius 3 is 2.52 bits per heavy atom. The molecule has 1 saturated heterocycles. The van der Waals surface area contributed by atoms with Crippen molar-refractivity contribution in [3.8, 4) is 0 Å². The highest BCUT2D eigenvalue weighted by Gasteiger charge is 2.31. The zero-order valence-corrected chi connectivity index (χ0v) is 19.2. The van der Waals surface area contributed by atoms with Crippen molar-refractivity contribution in [3.63, 3.8) is 0 Å². The Hall–Kier alpha value is -0.180. The molecule has 0 aliphatic carbocycles. The van der Waals surface area contributed by atoms with Crippen molar-refractivity contribution in [2.24, 2.45) is 4.99 Å². The van der Waals surface area contributed by atoms with Gasteiger partial charge < -0.3 is 15.0 Å². The van der Waals surface area contributed by atoms with E-state index in [0.29, 0.717) is 0 Å². The molecule has 0 radical (unpaired) electrons. The molecule has 0 unspecified atom stereocenters. The molecule has 0 bridgehead atoms. The summed E-state index contributed by atoms with van der Waals surface area (Å²) >= 11 is 7.89. The van der Waals surface area contributed by atoms with E-state index in [-0.39, 0.29) is 28.7 Å².